The Labute approximate surface area is 117 Å². The molecule has 2 N–H and O–H groups in total. The molecule has 0 amide bonds. The van der Waals surface area contributed by atoms with Crippen molar-refractivity contribution in [2.24, 2.45) is 5.73 Å². The molecule has 3 heteroatoms. The molecule has 1 aromatic carbocycles. The zero-order valence-corrected chi connectivity index (χ0v) is 12.9. The molecule has 19 heavy (non-hydrogen) atoms. The predicted octanol–water partition coefficient (Wildman–Crippen LogP) is 2.69. The van der Waals surface area contributed by atoms with Crippen molar-refractivity contribution >= 4 is 0 Å². The molecule has 0 saturated carbocycles. The number of benzene rings is 1. The molecule has 0 aromatic heterocycles. The Bertz CT molecular complexity index is 365. The van der Waals surface area contributed by atoms with Crippen LogP contribution in [-0.4, -0.2) is 36.7 Å². The number of ether oxygens (including phenoxy) is 1. The quantitative estimate of drug-likeness (QED) is 0.823. The maximum atomic E-state index is 6.01. The van der Waals surface area contributed by atoms with Crippen LogP contribution in [0.15, 0.2) is 24.3 Å². The number of hydrogen-bond donors (Lipinski definition) is 1. The van der Waals surface area contributed by atoms with Gasteiger partial charge in [-0.05, 0) is 58.9 Å². The second kappa shape index (κ2) is 6.92. The molecule has 3 nitrogen and oxygen atoms in total. The van der Waals surface area contributed by atoms with E-state index in [1.54, 1.807) is 0 Å². The van der Waals surface area contributed by atoms with Crippen LogP contribution in [0.5, 0.6) is 5.75 Å². The lowest BCUT2D eigenvalue weighted by atomic mass is 10.1. The molecule has 0 saturated heterocycles. The van der Waals surface area contributed by atoms with Crippen LogP contribution in [-0.2, 0) is 6.42 Å². The molecule has 0 bridgehead atoms. The van der Waals surface area contributed by atoms with Gasteiger partial charge in [0.05, 0.1) is 6.10 Å². The van der Waals surface area contributed by atoms with E-state index in [9.17, 15) is 0 Å². The molecule has 0 heterocycles. The molecule has 0 aliphatic carbocycles. The van der Waals surface area contributed by atoms with E-state index in [0.29, 0.717) is 0 Å². The van der Waals surface area contributed by atoms with Gasteiger partial charge in [-0.1, -0.05) is 12.1 Å². The highest BCUT2D eigenvalue weighted by Gasteiger charge is 2.13. The maximum Gasteiger partial charge on any atom is 0.119 e. The highest BCUT2D eigenvalue weighted by atomic mass is 16.5. The molecule has 1 rings (SSSR count). The Morgan fingerprint density at radius 3 is 2.26 bits per heavy atom. The number of likely N-dealkylation sites (N-methyl/N-ethyl adjacent to an activating group) is 1. The Morgan fingerprint density at radius 2 is 1.79 bits per heavy atom. The van der Waals surface area contributed by atoms with Crippen LogP contribution in [0.1, 0.15) is 33.3 Å². The van der Waals surface area contributed by atoms with Crippen LogP contribution in [0.25, 0.3) is 0 Å². The van der Waals surface area contributed by atoms with Gasteiger partial charge in [-0.25, -0.2) is 0 Å². The topological polar surface area (TPSA) is 38.5 Å². The Morgan fingerprint density at radius 1 is 1.21 bits per heavy atom. The third-order valence-electron chi connectivity index (χ3n) is 2.75. The molecule has 0 atom stereocenters. The second-order valence-corrected chi connectivity index (χ2v) is 6.29. The minimum absolute atomic E-state index is 0.135. The first-order chi connectivity index (χ1) is 8.76. The summed E-state index contributed by atoms with van der Waals surface area (Å²) >= 11 is 0. The van der Waals surface area contributed by atoms with E-state index in [0.717, 1.165) is 25.3 Å². The van der Waals surface area contributed by atoms with Crippen molar-refractivity contribution in [2.75, 3.05) is 20.1 Å². The average molecular weight is 264 g/mol. The van der Waals surface area contributed by atoms with E-state index in [4.69, 9.17) is 10.5 Å². The third kappa shape index (κ3) is 7.19. The van der Waals surface area contributed by atoms with Crippen molar-refractivity contribution in [1.29, 1.82) is 0 Å². The van der Waals surface area contributed by atoms with E-state index in [1.807, 2.05) is 26.0 Å². The summed E-state index contributed by atoms with van der Waals surface area (Å²) in [4.78, 5) is 2.28. The summed E-state index contributed by atoms with van der Waals surface area (Å²) in [7, 11) is 2.12. The van der Waals surface area contributed by atoms with Crippen molar-refractivity contribution in [1.82, 2.24) is 4.90 Å². The van der Waals surface area contributed by atoms with Crippen LogP contribution >= 0.6 is 0 Å². The summed E-state index contributed by atoms with van der Waals surface area (Å²) in [5.41, 5.74) is 7.21. The molecule has 0 fully saturated rings. The van der Waals surface area contributed by atoms with E-state index >= 15 is 0 Å². The first-order valence-corrected chi connectivity index (χ1v) is 6.99. The van der Waals surface area contributed by atoms with Crippen LogP contribution in [0, 0.1) is 0 Å². The molecule has 0 aliphatic rings. The van der Waals surface area contributed by atoms with Gasteiger partial charge in [-0.2, -0.15) is 0 Å². The number of nitrogens with zero attached hydrogens (tertiary/aromatic N) is 1. The standard InChI is InChI=1S/C16H28N2O/c1-13(2)19-15-8-6-14(7-9-15)10-11-18(5)12-16(3,4)17/h6-9,13H,10-12,17H2,1-5H3. The SMILES string of the molecule is CC(C)Oc1ccc(CCN(C)CC(C)(C)N)cc1. The predicted molar refractivity (Wildman–Crippen MR) is 81.7 cm³/mol. The van der Waals surface area contributed by atoms with E-state index in [2.05, 4.69) is 37.9 Å². The first-order valence-electron chi connectivity index (χ1n) is 6.99. The molecule has 0 spiro atoms. The molecule has 1 aromatic rings. The van der Waals surface area contributed by atoms with Crippen molar-refractivity contribution in [3.63, 3.8) is 0 Å². The minimum atomic E-state index is -0.135. The smallest absolute Gasteiger partial charge is 0.119 e. The van der Waals surface area contributed by atoms with Gasteiger partial charge >= 0.3 is 0 Å². The number of hydrogen-bond acceptors (Lipinski definition) is 3. The summed E-state index contributed by atoms with van der Waals surface area (Å²) < 4.78 is 5.63. The summed E-state index contributed by atoms with van der Waals surface area (Å²) in [6, 6.07) is 8.36. The highest BCUT2D eigenvalue weighted by Crippen LogP contribution is 2.14. The van der Waals surface area contributed by atoms with E-state index in [-0.39, 0.29) is 11.6 Å². The molecular weight excluding hydrogens is 236 g/mol. The van der Waals surface area contributed by atoms with E-state index < -0.39 is 0 Å². The molecule has 108 valence electrons. The monoisotopic (exact) mass is 264 g/mol. The largest absolute Gasteiger partial charge is 0.491 e. The molecule has 0 unspecified atom stereocenters. The number of nitrogens with two attached hydrogens (primary N) is 1. The van der Waals surface area contributed by atoms with Crippen molar-refractivity contribution < 1.29 is 4.74 Å². The highest BCUT2D eigenvalue weighted by molar-refractivity contribution is 5.27. The zero-order valence-electron chi connectivity index (χ0n) is 12.9. The summed E-state index contributed by atoms with van der Waals surface area (Å²) in [5.74, 6) is 0.940. The van der Waals surface area contributed by atoms with Crippen LogP contribution in [0.2, 0.25) is 0 Å². The van der Waals surface area contributed by atoms with Gasteiger partial charge in [0.1, 0.15) is 5.75 Å². The lowest BCUT2D eigenvalue weighted by Gasteiger charge is -2.26. The summed E-state index contributed by atoms with van der Waals surface area (Å²) in [5, 5.41) is 0. The fraction of sp³-hybridized carbons (Fsp3) is 0.625. The fourth-order valence-electron chi connectivity index (χ4n) is 2.10. The minimum Gasteiger partial charge on any atom is -0.491 e. The third-order valence-corrected chi connectivity index (χ3v) is 2.75. The van der Waals surface area contributed by atoms with E-state index in [1.165, 1.54) is 5.56 Å². The van der Waals surface area contributed by atoms with Crippen molar-refractivity contribution in [3.05, 3.63) is 29.8 Å². The lowest BCUT2D eigenvalue weighted by molar-refractivity contribution is 0.242. The fourth-order valence-corrected chi connectivity index (χ4v) is 2.10. The second-order valence-electron chi connectivity index (χ2n) is 6.29. The van der Waals surface area contributed by atoms with Crippen LogP contribution < -0.4 is 10.5 Å². The molecule has 0 aliphatic heterocycles. The molecule has 0 radical (unpaired) electrons. The van der Waals surface area contributed by atoms with Crippen molar-refractivity contribution in [2.45, 2.75) is 45.8 Å². The molecular formula is C16H28N2O. The number of rotatable bonds is 7. The average Bonchev–Trinajstić information content (AvgIpc) is 2.25. The van der Waals surface area contributed by atoms with Gasteiger partial charge in [-0.15, -0.1) is 0 Å². The van der Waals surface area contributed by atoms with Gasteiger partial charge in [0.15, 0.2) is 0 Å². The zero-order chi connectivity index (χ0) is 14.5. The maximum absolute atomic E-state index is 6.01. The van der Waals surface area contributed by atoms with Crippen LogP contribution in [0.3, 0.4) is 0 Å². The Kier molecular flexibility index (Phi) is 5.83. The van der Waals surface area contributed by atoms with Crippen LogP contribution in [0.4, 0.5) is 0 Å². The lowest BCUT2D eigenvalue weighted by Crippen LogP contribution is -2.44. The first kappa shape index (κ1) is 16.0. The normalized spacial score (nSPS) is 12.2. The van der Waals surface area contributed by atoms with Gasteiger partial charge in [0.25, 0.3) is 0 Å². The Balaban J connectivity index is 2.41. The summed E-state index contributed by atoms with van der Waals surface area (Å²) in [6.07, 6.45) is 1.26. The summed E-state index contributed by atoms with van der Waals surface area (Å²) in [6.45, 7) is 10.1. The van der Waals surface area contributed by atoms with Gasteiger partial charge < -0.3 is 15.4 Å². The van der Waals surface area contributed by atoms with Gasteiger partial charge in [0.2, 0.25) is 0 Å². The van der Waals surface area contributed by atoms with Gasteiger partial charge in [-0.3, -0.25) is 0 Å². The van der Waals surface area contributed by atoms with Gasteiger partial charge in [0, 0.05) is 18.6 Å². The van der Waals surface area contributed by atoms with Crippen molar-refractivity contribution in [3.8, 4) is 5.75 Å². The Hall–Kier alpha value is -1.06.